The lowest BCUT2D eigenvalue weighted by molar-refractivity contribution is 0.348. The highest BCUT2D eigenvalue weighted by Gasteiger charge is 1.97. The molecule has 0 saturated carbocycles. The van der Waals surface area contributed by atoms with Gasteiger partial charge >= 0.3 is 0 Å². The Labute approximate surface area is 73.0 Å². The fourth-order valence-corrected chi connectivity index (χ4v) is 1.27. The Morgan fingerprint density at radius 3 is 2.60 bits per heavy atom. The van der Waals surface area contributed by atoms with E-state index in [1.165, 1.54) is 6.07 Å². The summed E-state index contributed by atoms with van der Waals surface area (Å²) in [5, 5.41) is 10.8. The van der Waals surface area contributed by atoms with E-state index in [4.69, 9.17) is 4.74 Å². The summed E-state index contributed by atoms with van der Waals surface area (Å²) in [7, 11) is 1.55. The third-order valence-electron chi connectivity index (χ3n) is 1.08. The van der Waals surface area contributed by atoms with Gasteiger partial charge in [0.15, 0.2) is 5.75 Å². The number of ether oxygens (including phenoxy) is 1. The van der Waals surface area contributed by atoms with E-state index in [2.05, 4.69) is 22.6 Å². The van der Waals surface area contributed by atoms with Crippen LogP contribution in [-0.4, -0.2) is 7.11 Å². The van der Waals surface area contributed by atoms with Crippen LogP contribution in [0, 0.1) is 3.57 Å². The second-order valence-corrected chi connectivity index (χ2v) is 3.07. The van der Waals surface area contributed by atoms with Crippen molar-refractivity contribution in [1.29, 1.82) is 0 Å². The zero-order chi connectivity index (χ0) is 7.56. The molecule has 0 bridgehead atoms. The topological polar surface area (TPSA) is 29.1 Å². The monoisotopic (exact) mass is 249 g/mol. The van der Waals surface area contributed by atoms with Crippen molar-refractivity contribution in [3.05, 3.63) is 21.8 Å². The summed E-state index contributed by atoms with van der Waals surface area (Å²) < 4.78 is 5.78. The van der Waals surface area contributed by atoms with Gasteiger partial charge < -0.3 is 4.74 Å². The van der Waals surface area contributed by atoms with E-state index in [0.717, 1.165) is 3.57 Å². The summed E-state index contributed by atoms with van der Waals surface area (Å²) in [6.07, 6.45) is 0. The highest BCUT2D eigenvalue weighted by molar-refractivity contribution is 14.1. The van der Waals surface area contributed by atoms with Crippen LogP contribution in [0.4, 0.5) is 0 Å². The van der Waals surface area contributed by atoms with Gasteiger partial charge in [0, 0.05) is 9.64 Å². The van der Waals surface area contributed by atoms with Crippen LogP contribution < -0.4 is 4.74 Å². The molecule has 1 rings (SSSR count). The lowest BCUT2D eigenvalue weighted by atomic mass is 10.3. The van der Waals surface area contributed by atoms with Crippen molar-refractivity contribution in [3.63, 3.8) is 0 Å². The average Bonchev–Trinajstić information content (AvgIpc) is 1.85. The molecule has 0 N–H and O–H groups in total. The van der Waals surface area contributed by atoms with Crippen molar-refractivity contribution in [1.82, 2.24) is 0 Å². The molecule has 0 aromatic heterocycles. The van der Waals surface area contributed by atoms with Crippen LogP contribution in [0.15, 0.2) is 18.2 Å². The number of methoxy groups -OCH3 is 1. The summed E-state index contributed by atoms with van der Waals surface area (Å²) in [6.45, 7) is 0. The molecular weight excluding hydrogens is 243 g/mol. The van der Waals surface area contributed by atoms with E-state index in [1.807, 2.05) is 6.07 Å². The molecule has 1 aromatic rings. The van der Waals surface area contributed by atoms with E-state index in [1.54, 1.807) is 13.2 Å². The number of halogens is 1. The minimum Gasteiger partial charge on any atom is -0.497 e. The van der Waals surface area contributed by atoms with Crippen LogP contribution in [-0.2, 0) is 5.11 Å². The lowest BCUT2D eigenvalue weighted by Gasteiger charge is -1.98. The van der Waals surface area contributed by atoms with E-state index in [0.29, 0.717) is 5.75 Å². The standard InChI is InChI=1S/C7H6IO2/c1-10-7-3-5(8)2-6(9)4-7/h2-4H,1H3. The molecule has 0 aliphatic carbocycles. The third-order valence-corrected chi connectivity index (χ3v) is 1.70. The molecule has 0 amide bonds. The summed E-state index contributed by atoms with van der Waals surface area (Å²) in [4.78, 5) is 0. The molecular formula is C7H6IO2. The van der Waals surface area contributed by atoms with Gasteiger partial charge in [-0.15, -0.1) is 0 Å². The number of hydrogen-bond acceptors (Lipinski definition) is 1. The van der Waals surface area contributed by atoms with Crippen molar-refractivity contribution in [2.24, 2.45) is 0 Å². The van der Waals surface area contributed by atoms with Crippen molar-refractivity contribution in [2.75, 3.05) is 7.11 Å². The Morgan fingerprint density at radius 1 is 1.40 bits per heavy atom. The van der Waals surface area contributed by atoms with Gasteiger partial charge in [-0.25, -0.2) is 0 Å². The van der Waals surface area contributed by atoms with Crippen LogP contribution in [0.3, 0.4) is 0 Å². The maximum absolute atomic E-state index is 10.8. The molecule has 0 atom stereocenters. The van der Waals surface area contributed by atoms with Gasteiger partial charge in [0.25, 0.3) is 0 Å². The van der Waals surface area contributed by atoms with Gasteiger partial charge in [-0.3, -0.25) is 5.11 Å². The van der Waals surface area contributed by atoms with Gasteiger partial charge in [0.1, 0.15) is 5.75 Å². The average molecular weight is 249 g/mol. The maximum Gasteiger partial charge on any atom is 0.183 e. The fourth-order valence-electron chi connectivity index (χ4n) is 0.655. The predicted octanol–water partition coefficient (Wildman–Crippen LogP) is 2.44. The zero-order valence-electron chi connectivity index (χ0n) is 5.43. The number of rotatable bonds is 1. The summed E-state index contributed by atoms with van der Waals surface area (Å²) in [5.41, 5.74) is 0. The largest absolute Gasteiger partial charge is 0.497 e. The second kappa shape index (κ2) is 3.09. The third kappa shape index (κ3) is 1.76. The highest BCUT2D eigenvalue weighted by atomic mass is 127. The Morgan fingerprint density at radius 2 is 2.10 bits per heavy atom. The van der Waals surface area contributed by atoms with Crippen molar-refractivity contribution >= 4 is 22.6 Å². The molecule has 1 aromatic carbocycles. The Hall–Kier alpha value is -0.450. The van der Waals surface area contributed by atoms with Gasteiger partial charge in [0.2, 0.25) is 0 Å². The van der Waals surface area contributed by atoms with Crippen LogP contribution in [0.25, 0.3) is 0 Å². The fraction of sp³-hybridized carbons (Fsp3) is 0.143. The molecule has 1 radical (unpaired) electrons. The Bertz CT molecular complexity index is 215. The molecule has 0 fully saturated rings. The zero-order valence-corrected chi connectivity index (χ0v) is 7.58. The number of hydrogen-bond donors (Lipinski definition) is 0. The first-order valence-corrected chi connectivity index (χ1v) is 3.82. The minimum absolute atomic E-state index is 0.0104. The molecule has 0 saturated heterocycles. The molecule has 53 valence electrons. The predicted molar refractivity (Wildman–Crippen MR) is 45.8 cm³/mol. The first-order valence-electron chi connectivity index (χ1n) is 2.74. The summed E-state index contributed by atoms with van der Waals surface area (Å²) in [6, 6.07) is 4.83. The van der Waals surface area contributed by atoms with Gasteiger partial charge in [-0.05, 0) is 34.7 Å². The van der Waals surface area contributed by atoms with Crippen molar-refractivity contribution in [2.45, 2.75) is 0 Å². The van der Waals surface area contributed by atoms with Gasteiger partial charge in [-0.1, -0.05) is 0 Å². The SMILES string of the molecule is COc1cc([O])cc(I)c1. The van der Waals surface area contributed by atoms with Crippen molar-refractivity contribution in [3.8, 4) is 11.5 Å². The quantitative estimate of drug-likeness (QED) is 0.703. The van der Waals surface area contributed by atoms with E-state index in [9.17, 15) is 5.11 Å². The highest BCUT2D eigenvalue weighted by Crippen LogP contribution is 2.22. The molecule has 2 nitrogen and oxygen atoms in total. The molecule has 10 heavy (non-hydrogen) atoms. The molecule has 0 spiro atoms. The maximum atomic E-state index is 10.8. The van der Waals surface area contributed by atoms with Crippen LogP contribution in [0.5, 0.6) is 11.5 Å². The van der Waals surface area contributed by atoms with Crippen molar-refractivity contribution < 1.29 is 9.84 Å². The summed E-state index contributed by atoms with van der Waals surface area (Å²) in [5.74, 6) is 0.612. The van der Waals surface area contributed by atoms with Gasteiger partial charge in [0.05, 0.1) is 7.11 Å². The molecule has 3 heteroatoms. The molecule has 0 aliphatic rings. The first-order chi connectivity index (χ1) is 4.72. The van der Waals surface area contributed by atoms with E-state index < -0.39 is 0 Å². The molecule has 0 unspecified atom stereocenters. The number of benzene rings is 1. The second-order valence-electron chi connectivity index (χ2n) is 1.83. The van der Waals surface area contributed by atoms with E-state index in [-0.39, 0.29) is 5.75 Å². The molecule has 0 aliphatic heterocycles. The van der Waals surface area contributed by atoms with Gasteiger partial charge in [-0.2, -0.15) is 0 Å². The molecule has 0 heterocycles. The lowest BCUT2D eigenvalue weighted by Crippen LogP contribution is -1.82. The van der Waals surface area contributed by atoms with Crippen LogP contribution >= 0.6 is 22.6 Å². The van der Waals surface area contributed by atoms with E-state index >= 15 is 0 Å². The summed E-state index contributed by atoms with van der Waals surface area (Å²) >= 11 is 2.07. The Kier molecular flexibility index (Phi) is 2.37. The first kappa shape index (κ1) is 7.65. The smallest absolute Gasteiger partial charge is 0.183 e. The minimum atomic E-state index is -0.0104. The van der Waals surface area contributed by atoms with Crippen LogP contribution in [0.2, 0.25) is 0 Å². The Balaban J connectivity index is 3.06. The normalized spacial score (nSPS) is 9.40. The van der Waals surface area contributed by atoms with Crippen LogP contribution in [0.1, 0.15) is 0 Å².